The number of aliphatic hydroxyl groups excluding tert-OH is 1. The van der Waals surface area contributed by atoms with E-state index in [1.54, 1.807) is 6.20 Å². The summed E-state index contributed by atoms with van der Waals surface area (Å²) < 4.78 is 5.56. The summed E-state index contributed by atoms with van der Waals surface area (Å²) in [5.74, 6) is 0.370. The molecule has 0 saturated carbocycles. The van der Waals surface area contributed by atoms with Crippen molar-refractivity contribution in [1.82, 2.24) is 4.98 Å². The van der Waals surface area contributed by atoms with Gasteiger partial charge < -0.3 is 9.52 Å². The number of hydrogen-bond donors (Lipinski definition) is 1. The summed E-state index contributed by atoms with van der Waals surface area (Å²) in [4.78, 5) is 3.71. The molecule has 1 aromatic rings. The summed E-state index contributed by atoms with van der Waals surface area (Å²) in [7, 11) is 0. The van der Waals surface area contributed by atoms with Gasteiger partial charge in [-0.3, -0.25) is 0 Å². The Balaban J connectivity index is 2.84. The summed E-state index contributed by atoms with van der Waals surface area (Å²) in [6, 6.07) is 0. The van der Waals surface area contributed by atoms with Crippen molar-refractivity contribution < 1.29 is 9.52 Å². The Labute approximate surface area is 59.9 Å². The average molecular weight is 225 g/mol. The Kier molecular flexibility index (Phi) is 1.85. The number of rotatable bonds is 1. The van der Waals surface area contributed by atoms with Crippen molar-refractivity contribution in [2.24, 2.45) is 0 Å². The zero-order chi connectivity index (χ0) is 5.98. The lowest BCUT2D eigenvalue weighted by Crippen LogP contribution is -1.78. The van der Waals surface area contributed by atoms with Crippen LogP contribution in [-0.4, -0.2) is 10.1 Å². The molecule has 1 N–H and O–H groups in total. The third-order valence-electron chi connectivity index (χ3n) is 0.661. The van der Waals surface area contributed by atoms with E-state index in [2.05, 4.69) is 4.98 Å². The van der Waals surface area contributed by atoms with E-state index in [0.717, 1.165) is 0 Å². The monoisotopic (exact) mass is 225 g/mol. The lowest BCUT2D eigenvalue weighted by Gasteiger charge is -1.79. The van der Waals surface area contributed by atoms with Crippen molar-refractivity contribution in [3.63, 3.8) is 0 Å². The highest BCUT2D eigenvalue weighted by Gasteiger charge is 1.95. The van der Waals surface area contributed by atoms with Crippen LogP contribution >= 0.6 is 22.6 Å². The molecule has 1 aromatic heterocycles. The molecule has 0 fully saturated rings. The second-order valence-corrected chi connectivity index (χ2v) is 2.28. The first kappa shape index (κ1) is 6.03. The highest BCUT2D eigenvalue weighted by molar-refractivity contribution is 14.1. The molecule has 44 valence electrons. The third kappa shape index (κ3) is 1.19. The minimum Gasteiger partial charge on any atom is -0.432 e. The molecule has 0 aliphatic carbocycles. The van der Waals surface area contributed by atoms with Crippen molar-refractivity contribution >= 4 is 22.6 Å². The van der Waals surface area contributed by atoms with Gasteiger partial charge in [0.05, 0.1) is 6.20 Å². The van der Waals surface area contributed by atoms with E-state index in [9.17, 15) is 0 Å². The van der Waals surface area contributed by atoms with Crippen LogP contribution in [0, 0.1) is 3.77 Å². The van der Waals surface area contributed by atoms with E-state index in [0.29, 0.717) is 9.66 Å². The van der Waals surface area contributed by atoms with E-state index >= 15 is 0 Å². The molecule has 0 aromatic carbocycles. The lowest BCUT2D eigenvalue weighted by molar-refractivity contribution is 0.237. The molecule has 0 bridgehead atoms. The summed E-state index contributed by atoms with van der Waals surface area (Å²) in [5, 5.41) is 8.39. The Morgan fingerprint density at radius 1 is 1.88 bits per heavy atom. The predicted octanol–water partition coefficient (Wildman–Crippen LogP) is 0.772. The van der Waals surface area contributed by atoms with Crippen LogP contribution in [0.5, 0.6) is 0 Å². The first-order valence-corrected chi connectivity index (χ1v) is 3.12. The number of aromatic nitrogens is 1. The molecule has 1 rings (SSSR count). The molecule has 0 saturated heterocycles. The topological polar surface area (TPSA) is 46.3 Å². The first-order valence-electron chi connectivity index (χ1n) is 2.04. The molecule has 4 heteroatoms. The number of oxazole rings is 1. The van der Waals surface area contributed by atoms with Gasteiger partial charge >= 0.3 is 0 Å². The van der Waals surface area contributed by atoms with Gasteiger partial charge in [-0.25, -0.2) is 4.98 Å². The van der Waals surface area contributed by atoms with Gasteiger partial charge in [0.25, 0.3) is 0 Å². The fourth-order valence-corrected chi connectivity index (χ4v) is 0.755. The van der Waals surface area contributed by atoms with Crippen LogP contribution in [0.2, 0.25) is 0 Å². The van der Waals surface area contributed by atoms with Crippen molar-refractivity contribution in [1.29, 1.82) is 0 Å². The average Bonchev–Trinajstić information content (AvgIpc) is 2.14. The molecule has 0 aliphatic heterocycles. The van der Waals surface area contributed by atoms with Gasteiger partial charge in [0.1, 0.15) is 6.61 Å². The fraction of sp³-hybridized carbons (Fsp3) is 0.250. The minimum absolute atomic E-state index is 0.122. The van der Waals surface area contributed by atoms with Gasteiger partial charge in [0.2, 0.25) is 5.89 Å². The van der Waals surface area contributed by atoms with Gasteiger partial charge in [-0.1, -0.05) is 0 Å². The molecular weight excluding hydrogens is 221 g/mol. The smallest absolute Gasteiger partial charge is 0.221 e. The summed E-state index contributed by atoms with van der Waals surface area (Å²) in [5.41, 5.74) is 0. The van der Waals surface area contributed by atoms with E-state index in [1.165, 1.54) is 0 Å². The van der Waals surface area contributed by atoms with Crippen LogP contribution < -0.4 is 0 Å². The van der Waals surface area contributed by atoms with Crippen molar-refractivity contribution in [2.45, 2.75) is 6.61 Å². The van der Waals surface area contributed by atoms with E-state index in [1.807, 2.05) is 22.6 Å². The van der Waals surface area contributed by atoms with Crippen molar-refractivity contribution in [2.75, 3.05) is 0 Å². The number of halogens is 1. The van der Waals surface area contributed by atoms with Crippen molar-refractivity contribution in [3.05, 3.63) is 15.9 Å². The fourth-order valence-electron chi connectivity index (χ4n) is 0.361. The van der Waals surface area contributed by atoms with E-state index < -0.39 is 0 Å². The molecule has 1 heterocycles. The standard InChI is InChI=1S/C4H4INO2/c5-3-1-6-4(2-7)8-3/h1,7H,2H2. The Hall–Kier alpha value is -0.100. The number of aliphatic hydroxyl groups is 1. The van der Waals surface area contributed by atoms with E-state index in [-0.39, 0.29) is 6.61 Å². The Bertz CT molecular complexity index is 174. The Morgan fingerprint density at radius 2 is 2.62 bits per heavy atom. The minimum atomic E-state index is -0.122. The summed E-state index contributed by atoms with van der Waals surface area (Å²) >= 11 is 1.98. The largest absolute Gasteiger partial charge is 0.432 e. The van der Waals surface area contributed by atoms with Crippen LogP contribution in [0.25, 0.3) is 0 Å². The maximum absolute atomic E-state index is 8.39. The molecule has 0 amide bonds. The van der Waals surface area contributed by atoms with Gasteiger partial charge in [-0.15, -0.1) is 0 Å². The highest BCUT2D eigenvalue weighted by atomic mass is 127. The Morgan fingerprint density at radius 3 is 2.88 bits per heavy atom. The number of hydrogen-bond acceptors (Lipinski definition) is 3. The number of nitrogens with zero attached hydrogens (tertiary/aromatic N) is 1. The molecule has 8 heavy (non-hydrogen) atoms. The quantitative estimate of drug-likeness (QED) is 0.718. The molecule has 0 radical (unpaired) electrons. The zero-order valence-corrected chi connectivity index (χ0v) is 6.12. The van der Waals surface area contributed by atoms with Crippen LogP contribution in [0.15, 0.2) is 10.6 Å². The maximum Gasteiger partial charge on any atom is 0.221 e. The molecule has 3 nitrogen and oxygen atoms in total. The second kappa shape index (κ2) is 2.45. The zero-order valence-electron chi connectivity index (χ0n) is 3.97. The van der Waals surface area contributed by atoms with Gasteiger partial charge in [0.15, 0.2) is 3.77 Å². The van der Waals surface area contributed by atoms with Gasteiger partial charge in [-0.05, 0) is 0 Å². The van der Waals surface area contributed by atoms with Crippen LogP contribution in [-0.2, 0) is 6.61 Å². The second-order valence-electron chi connectivity index (χ2n) is 1.22. The molecule has 0 aliphatic rings. The summed E-state index contributed by atoms with van der Waals surface area (Å²) in [6.45, 7) is -0.122. The predicted molar refractivity (Wildman–Crippen MR) is 35.1 cm³/mol. The first-order chi connectivity index (χ1) is 3.83. The molecule has 0 unspecified atom stereocenters. The molecule has 0 spiro atoms. The summed E-state index contributed by atoms with van der Waals surface area (Å²) in [6.07, 6.45) is 1.56. The van der Waals surface area contributed by atoms with Crippen molar-refractivity contribution in [3.8, 4) is 0 Å². The maximum atomic E-state index is 8.39. The SMILES string of the molecule is OCc1ncc(I)o1. The third-order valence-corrected chi connectivity index (χ3v) is 1.16. The van der Waals surface area contributed by atoms with Gasteiger partial charge in [0, 0.05) is 22.6 Å². The van der Waals surface area contributed by atoms with Crippen LogP contribution in [0.1, 0.15) is 5.89 Å². The lowest BCUT2D eigenvalue weighted by atomic mass is 10.7. The van der Waals surface area contributed by atoms with Gasteiger partial charge in [-0.2, -0.15) is 0 Å². The van der Waals surface area contributed by atoms with E-state index in [4.69, 9.17) is 9.52 Å². The normalized spacial score (nSPS) is 9.75. The highest BCUT2D eigenvalue weighted by Crippen LogP contribution is 2.04. The molecule has 0 atom stereocenters. The van der Waals surface area contributed by atoms with Crippen LogP contribution in [0.3, 0.4) is 0 Å². The van der Waals surface area contributed by atoms with Crippen LogP contribution in [0.4, 0.5) is 0 Å². The molecular formula is C4H4INO2.